The number of hydrogen-bond donors (Lipinski definition) is 1. The van der Waals surface area contributed by atoms with E-state index >= 15 is 0 Å². The van der Waals surface area contributed by atoms with Crippen LogP contribution in [-0.4, -0.2) is 6.54 Å². The lowest BCUT2D eigenvalue weighted by Gasteiger charge is -2.16. The third kappa shape index (κ3) is 4.25. The first-order chi connectivity index (χ1) is 9.90. The molecule has 1 unspecified atom stereocenters. The SMILES string of the molecule is CCNC(Cc1cccc(C(F)(F)F)c1)c1ccc(Cl)o1. The second kappa shape index (κ2) is 6.54. The maximum Gasteiger partial charge on any atom is 0.416 e. The average Bonchev–Trinajstić information content (AvgIpc) is 2.84. The van der Waals surface area contributed by atoms with Gasteiger partial charge < -0.3 is 9.73 Å². The number of halogens is 4. The summed E-state index contributed by atoms with van der Waals surface area (Å²) < 4.78 is 43.5. The molecule has 2 nitrogen and oxygen atoms in total. The van der Waals surface area contributed by atoms with Gasteiger partial charge in [0, 0.05) is 0 Å². The van der Waals surface area contributed by atoms with Gasteiger partial charge in [-0.2, -0.15) is 13.2 Å². The summed E-state index contributed by atoms with van der Waals surface area (Å²) in [7, 11) is 0. The van der Waals surface area contributed by atoms with E-state index in [4.69, 9.17) is 16.0 Å². The summed E-state index contributed by atoms with van der Waals surface area (Å²) >= 11 is 5.75. The van der Waals surface area contributed by atoms with Crippen molar-refractivity contribution in [2.75, 3.05) is 6.54 Å². The summed E-state index contributed by atoms with van der Waals surface area (Å²) in [4.78, 5) is 0. The Morgan fingerprint density at radius 1 is 1.24 bits per heavy atom. The van der Waals surface area contributed by atoms with Gasteiger partial charge in [0.25, 0.3) is 0 Å². The van der Waals surface area contributed by atoms with Crippen molar-refractivity contribution in [3.8, 4) is 0 Å². The third-order valence-corrected chi connectivity index (χ3v) is 3.29. The summed E-state index contributed by atoms with van der Waals surface area (Å²) in [5.74, 6) is 0.610. The lowest BCUT2D eigenvalue weighted by Crippen LogP contribution is -2.22. The number of rotatable bonds is 5. The van der Waals surface area contributed by atoms with Crippen LogP contribution in [0.2, 0.25) is 5.22 Å². The van der Waals surface area contributed by atoms with Crippen molar-refractivity contribution < 1.29 is 17.6 Å². The second-order valence-electron chi connectivity index (χ2n) is 4.65. The molecule has 0 saturated heterocycles. The number of benzene rings is 1. The fraction of sp³-hybridized carbons (Fsp3) is 0.333. The van der Waals surface area contributed by atoms with E-state index in [0.29, 0.717) is 24.3 Å². The fourth-order valence-electron chi connectivity index (χ4n) is 2.15. The van der Waals surface area contributed by atoms with Gasteiger partial charge in [0.2, 0.25) is 0 Å². The molecule has 0 radical (unpaired) electrons. The Labute approximate surface area is 125 Å². The van der Waals surface area contributed by atoms with Gasteiger partial charge in [-0.1, -0.05) is 25.1 Å². The first kappa shape index (κ1) is 15.9. The van der Waals surface area contributed by atoms with E-state index in [9.17, 15) is 13.2 Å². The summed E-state index contributed by atoms with van der Waals surface area (Å²) in [6.07, 6.45) is -3.95. The van der Waals surface area contributed by atoms with Gasteiger partial charge in [0.1, 0.15) is 5.76 Å². The molecular weight excluding hydrogens is 303 g/mol. The number of furan rings is 1. The predicted octanol–water partition coefficient (Wildman–Crippen LogP) is 4.85. The van der Waals surface area contributed by atoms with E-state index in [1.807, 2.05) is 6.92 Å². The molecule has 21 heavy (non-hydrogen) atoms. The molecule has 114 valence electrons. The third-order valence-electron chi connectivity index (χ3n) is 3.08. The van der Waals surface area contributed by atoms with Gasteiger partial charge >= 0.3 is 6.18 Å². The Kier molecular flexibility index (Phi) is 4.96. The van der Waals surface area contributed by atoms with Gasteiger partial charge in [0.05, 0.1) is 11.6 Å². The summed E-state index contributed by atoms with van der Waals surface area (Å²) in [5.41, 5.74) is -0.0592. The van der Waals surface area contributed by atoms with Crippen LogP contribution < -0.4 is 5.32 Å². The van der Waals surface area contributed by atoms with E-state index < -0.39 is 11.7 Å². The molecule has 0 spiro atoms. The fourth-order valence-corrected chi connectivity index (χ4v) is 2.30. The van der Waals surface area contributed by atoms with Crippen LogP contribution in [0.4, 0.5) is 13.2 Å². The van der Waals surface area contributed by atoms with Crippen LogP contribution in [-0.2, 0) is 12.6 Å². The zero-order chi connectivity index (χ0) is 15.5. The first-order valence-electron chi connectivity index (χ1n) is 6.55. The highest BCUT2D eigenvalue weighted by Crippen LogP contribution is 2.31. The van der Waals surface area contributed by atoms with Crippen molar-refractivity contribution >= 4 is 11.6 Å². The maximum absolute atomic E-state index is 12.7. The van der Waals surface area contributed by atoms with E-state index in [-0.39, 0.29) is 11.3 Å². The van der Waals surface area contributed by atoms with Gasteiger partial charge in [-0.3, -0.25) is 0 Å². The molecule has 1 aromatic carbocycles. The Bertz CT molecular complexity index is 595. The van der Waals surface area contributed by atoms with Crippen molar-refractivity contribution in [1.82, 2.24) is 5.32 Å². The molecular formula is C15H15ClF3NO. The van der Waals surface area contributed by atoms with Crippen LogP contribution in [0.15, 0.2) is 40.8 Å². The molecule has 1 heterocycles. The smallest absolute Gasteiger partial charge is 0.416 e. The number of nitrogens with one attached hydrogen (secondary N) is 1. The molecule has 2 rings (SSSR count). The molecule has 0 saturated carbocycles. The van der Waals surface area contributed by atoms with Gasteiger partial charge in [-0.15, -0.1) is 0 Å². The second-order valence-corrected chi connectivity index (χ2v) is 5.03. The lowest BCUT2D eigenvalue weighted by molar-refractivity contribution is -0.137. The molecule has 1 N–H and O–H groups in total. The molecule has 0 bridgehead atoms. The van der Waals surface area contributed by atoms with Crippen LogP contribution in [0.1, 0.15) is 29.9 Å². The van der Waals surface area contributed by atoms with E-state index in [2.05, 4.69) is 5.32 Å². The zero-order valence-electron chi connectivity index (χ0n) is 11.4. The van der Waals surface area contributed by atoms with Crippen molar-refractivity contribution in [2.45, 2.75) is 25.6 Å². The minimum Gasteiger partial charge on any atom is -0.448 e. The van der Waals surface area contributed by atoms with Crippen LogP contribution in [0.25, 0.3) is 0 Å². The van der Waals surface area contributed by atoms with E-state index in [1.54, 1.807) is 18.2 Å². The van der Waals surface area contributed by atoms with Crippen LogP contribution in [0.5, 0.6) is 0 Å². The van der Waals surface area contributed by atoms with Gasteiger partial charge in [-0.05, 0) is 48.3 Å². The molecule has 0 fully saturated rings. The van der Waals surface area contributed by atoms with Crippen LogP contribution >= 0.6 is 11.6 Å². The molecule has 6 heteroatoms. The van der Waals surface area contributed by atoms with Crippen molar-refractivity contribution in [2.24, 2.45) is 0 Å². The van der Waals surface area contributed by atoms with Gasteiger partial charge in [-0.25, -0.2) is 0 Å². The van der Waals surface area contributed by atoms with Crippen LogP contribution in [0, 0.1) is 0 Å². The normalized spacial score (nSPS) is 13.4. The van der Waals surface area contributed by atoms with Crippen molar-refractivity contribution in [1.29, 1.82) is 0 Å². The number of hydrogen-bond acceptors (Lipinski definition) is 2. The van der Waals surface area contributed by atoms with Crippen LogP contribution in [0.3, 0.4) is 0 Å². The predicted molar refractivity (Wildman–Crippen MR) is 75.3 cm³/mol. The Hall–Kier alpha value is -1.46. The summed E-state index contributed by atoms with van der Waals surface area (Å²) in [5, 5.41) is 3.45. The minimum atomic E-state index is -4.34. The summed E-state index contributed by atoms with van der Waals surface area (Å²) in [6, 6.07) is 8.44. The quantitative estimate of drug-likeness (QED) is 0.853. The molecule has 2 aromatic rings. The Morgan fingerprint density at radius 2 is 2.00 bits per heavy atom. The lowest BCUT2D eigenvalue weighted by atomic mass is 10.0. The minimum absolute atomic E-state index is 0.217. The maximum atomic E-state index is 12.7. The topological polar surface area (TPSA) is 25.2 Å². The monoisotopic (exact) mass is 317 g/mol. The zero-order valence-corrected chi connectivity index (χ0v) is 12.1. The highest BCUT2D eigenvalue weighted by molar-refractivity contribution is 6.28. The Morgan fingerprint density at radius 3 is 2.57 bits per heavy atom. The first-order valence-corrected chi connectivity index (χ1v) is 6.92. The number of likely N-dealkylation sites (N-methyl/N-ethyl adjacent to an activating group) is 1. The van der Waals surface area contributed by atoms with E-state index in [0.717, 1.165) is 12.1 Å². The standard InChI is InChI=1S/C15H15ClF3NO/c1-2-20-12(13-6-7-14(16)21-13)9-10-4-3-5-11(8-10)15(17,18)19/h3-8,12,20H,2,9H2,1H3. The molecule has 0 aliphatic rings. The number of alkyl halides is 3. The van der Waals surface area contributed by atoms with Crippen molar-refractivity contribution in [3.63, 3.8) is 0 Å². The molecule has 1 atom stereocenters. The highest BCUT2D eigenvalue weighted by Gasteiger charge is 2.30. The largest absolute Gasteiger partial charge is 0.448 e. The summed E-state index contributed by atoms with van der Waals surface area (Å²) in [6.45, 7) is 2.59. The molecule has 0 aliphatic carbocycles. The van der Waals surface area contributed by atoms with Crippen molar-refractivity contribution in [3.05, 3.63) is 58.5 Å². The van der Waals surface area contributed by atoms with E-state index in [1.165, 1.54) is 6.07 Å². The average molecular weight is 318 g/mol. The Balaban J connectivity index is 2.21. The highest BCUT2D eigenvalue weighted by atomic mass is 35.5. The van der Waals surface area contributed by atoms with Gasteiger partial charge in [0.15, 0.2) is 5.22 Å². The molecule has 1 aromatic heterocycles. The molecule has 0 aliphatic heterocycles. The molecule has 0 amide bonds.